The summed E-state index contributed by atoms with van der Waals surface area (Å²) in [5.74, 6) is 0.111. The minimum atomic E-state index is 0.111. The number of aromatic nitrogens is 1. The number of halogens is 1. The quantitative estimate of drug-likeness (QED) is 0.809. The normalized spacial score (nSPS) is 11.0. The number of rotatable bonds is 4. The number of carbonyl (C=O) groups excluding carboxylic acids is 1. The maximum Gasteiger partial charge on any atom is 0.188 e. The number of hydrogen-bond acceptors (Lipinski definition) is 4. The van der Waals surface area contributed by atoms with E-state index in [1.807, 2.05) is 50.2 Å². The summed E-state index contributed by atoms with van der Waals surface area (Å²) in [4.78, 5) is 19.2. The van der Waals surface area contributed by atoms with E-state index in [2.05, 4.69) is 4.98 Å². The average molecular weight is 295 g/mol. The van der Waals surface area contributed by atoms with Crippen LogP contribution < -0.4 is 0 Å². The zero-order chi connectivity index (χ0) is 14.0. The highest BCUT2D eigenvalue weighted by Gasteiger charge is 2.16. The number of thiazole rings is 1. The van der Waals surface area contributed by atoms with Crippen LogP contribution in [0.15, 0.2) is 24.3 Å². The maximum atomic E-state index is 12.1. The van der Waals surface area contributed by atoms with Crippen LogP contribution in [0, 0.1) is 6.92 Å². The van der Waals surface area contributed by atoms with E-state index in [4.69, 9.17) is 11.6 Å². The lowest BCUT2D eigenvalue weighted by atomic mass is 10.2. The van der Waals surface area contributed by atoms with Crippen LogP contribution in [0.25, 0.3) is 10.6 Å². The number of hydrogen-bond donors (Lipinski definition) is 0. The molecule has 0 aliphatic heterocycles. The molecule has 2 aromatic rings. The first-order valence-electron chi connectivity index (χ1n) is 5.88. The van der Waals surface area contributed by atoms with Crippen molar-refractivity contribution in [2.75, 3.05) is 20.6 Å². The molecule has 1 aromatic carbocycles. The Labute approximate surface area is 121 Å². The lowest BCUT2D eigenvalue weighted by Crippen LogP contribution is -2.21. The van der Waals surface area contributed by atoms with Crippen molar-refractivity contribution in [2.45, 2.75) is 6.92 Å². The van der Waals surface area contributed by atoms with Crippen LogP contribution in [0.1, 0.15) is 15.4 Å². The van der Waals surface area contributed by atoms with Gasteiger partial charge in [-0.1, -0.05) is 23.7 Å². The first-order valence-corrected chi connectivity index (χ1v) is 7.08. The highest BCUT2D eigenvalue weighted by atomic mass is 35.5. The van der Waals surface area contributed by atoms with Gasteiger partial charge in [-0.15, -0.1) is 11.3 Å². The lowest BCUT2D eigenvalue weighted by molar-refractivity contribution is 0.0961. The van der Waals surface area contributed by atoms with E-state index in [1.165, 1.54) is 11.3 Å². The Morgan fingerprint density at radius 2 is 1.95 bits per heavy atom. The molecule has 0 N–H and O–H groups in total. The highest BCUT2D eigenvalue weighted by molar-refractivity contribution is 7.17. The van der Waals surface area contributed by atoms with E-state index >= 15 is 0 Å². The second-order valence-electron chi connectivity index (χ2n) is 4.60. The predicted octanol–water partition coefficient (Wildman–Crippen LogP) is 3.52. The van der Waals surface area contributed by atoms with Crippen LogP contribution in [-0.2, 0) is 0 Å². The largest absolute Gasteiger partial charge is 0.302 e. The molecule has 0 aliphatic rings. The first kappa shape index (κ1) is 14.2. The molecule has 0 unspecified atom stereocenters. The number of benzene rings is 1. The fraction of sp³-hybridized carbons (Fsp3) is 0.286. The van der Waals surface area contributed by atoms with Gasteiger partial charge in [-0.2, -0.15) is 0 Å². The average Bonchev–Trinajstić information content (AvgIpc) is 2.71. The Kier molecular flexibility index (Phi) is 4.34. The van der Waals surface area contributed by atoms with Crippen molar-refractivity contribution in [3.8, 4) is 10.6 Å². The maximum absolute atomic E-state index is 12.1. The molecular formula is C14H15ClN2OS. The topological polar surface area (TPSA) is 33.2 Å². The van der Waals surface area contributed by atoms with Crippen LogP contribution in [0.4, 0.5) is 0 Å². The molecule has 0 saturated carbocycles. The summed E-state index contributed by atoms with van der Waals surface area (Å²) in [5.41, 5.74) is 1.78. The van der Waals surface area contributed by atoms with Crippen molar-refractivity contribution in [3.63, 3.8) is 0 Å². The third-order valence-electron chi connectivity index (χ3n) is 2.60. The van der Waals surface area contributed by atoms with E-state index in [-0.39, 0.29) is 5.78 Å². The summed E-state index contributed by atoms with van der Waals surface area (Å²) in [6.07, 6.45) is 0. The molecule has 100 valence electrons. The molecule has 0 amide bonds. The molecule has 0 spiro atoms. The summed E-state index contributed by atoms with van der Waals surface area (Å²) in [6.45, 7) is 2.28. The Hall–Kier alpha value is -1.23. The summed E-state index contributed by atoms with van der Waals surface area (Å²) in [6, 6.07) is 7.49. The van der Waals surface area contributed by atoms with Gasteiger partial charge in [-0.05, 0) is 33.2 Å². The summed E-state index contributed by atoms with van der Waals surface area (Å²) >= 11 is 7.30. The van der Waals surface area contributed by atoms with Crippen molar-refractivity contribution in [3.05, 3.63) is 39.9 Å². The molecule has 1 aromatic heterocycles. The van der Waals surface area contributed by atoms with Crippen molar-refractivity contribution in [1.82, 2.24) is 9.88 Å². The van der Waals surface area contributed by atoms with Crippen LogP contribution in [0.3, 0.4) is 0 Å². The number of carbonyl (C=O) groups is 1. The molecule has 0 saturated heterocycles. The third kappa shape index (κ3) is 3.41. The molecule has 19 heavy (non-hydrogen) atoms. The molecular weight excluding hydrogens is 280 g/mol. The van der Waals surface area contributed by atoms with Crippen LogP contribution in [-0.4, -0.2) is 36.3 Å². The lowest BCUT2D eigenvalue weighted by Gasteiger charge is -2.06. The zero-order valence-corrected chi connectivity index (χ0v) is 12.7. The van der Waals surface area contributed by atoms with E-state index in [0.29, 0.717) is 11.6 Å². The highest BCUT2D eigenvalue weighted by Crippen LogP contribution is 2.29. The van der Waals surface area contributed by atoms with Crippen molar-refractivity contribution >= 4 is 28.7 Å². The minimum Gasteiger partial charge on any atom is -0.302 e. The van der Waals surface area contributed by atoms with Gasteiger partial charge < -0.3 is 4.90 Å². The van der Waals surface area contributed by atoms with E-state index in [0.717, 1.165) is 21.1 Å². The number of Topliss-reactive ketones (excluding diaryl/α,β-unsaturated/α-hetero) is 1. The molecule has 5 heteroatoms. The Balaban J connectivity index is 2.30. The third-order valence-corrected chi connectivity index (χ3v) is 4.10. The van der Waals surface area contributed by atoms with Gasteiger partial charge in [0.1, 0.15) is 5.01 Å². The van der Waals surface area contributed by atoms with E-state index in [9.17, 15) is 4.79 Å². The van der Waals surface area contributed by atoms with E-state index < -0.39 is 0 Å². The van der Waals surface area contributed by atoms with Crippen molar-refractivity contribution in [2.24, 2.45) is 0 Å². The summed E-state index contributed by atoms with van der Waals surface area (Å²) in [7, 11) is 3.77. The number of nitrogens with zero attached hydrogens (tertiary/aromatic N) is 2. The SMILES string of the molecule is Cc1nc(-c2ccc(Cl)cc2)sc1C(=O)CN(C)C. The van der Waals surface area contributed by atoms with Crippen molar-refractivity contribution in [1.29, 1.82) is 0 Å². The van der Waals surface area contributed by atoms with Crippen LogP contribution >= 0.6 is 22.9 Å². The molecule has 1 heterocycles. The van der Waals surface area contributed by atoms with Gasteiger partial charge in [-0.3, -0.25) is 4.79 Å². The second kappa shape index (κ2) is 5.82. The molecule has 0 radical (unpaired) electrons. The Bertz CT molecular complexity index is 590. The minimum absolute atomic E-state index is 0.111. The summed E-state index contributed by atoms with van der Waals surface area (Å²) < 4.78 is 0. The predicted molar refractivity (Wildman–Crippen MR) is 80.2 cm³/mol. The fourth-order valence-electron chi connectivity index (χ4n) is 1.73. The molecule has 3 nitrogen and oxygen atoms in total. The van der Waals surface area contributed by atoms with E-state index in [1.54, 1.807) is 0 Å². The number of likely N-dealkylation sites (N-methyl/N-ethyl adjacent to an activating group) is 1. The van der Waals surface area contributed by atoms with Gasteiger partial charge in [0.05, 0.1) is 17.1 Å². The molecule has 0 aliphatic carbocycles. The van der Waals surface area contributed by atoms with Gasteiger partial charge >= 0.3 is 0 Å². The molecule has 0 bridgehead atoms. The number of ketones is 1. The number of aryl methyl sites for hydroxylation is 1. The molecule has 0 atom stereocenters. The van der Waals surface area contributed by atoms with Crippen molar-refractivity contribution < 1.29 is 4.79 Å². The Morgan fingerprint density at radius 1 is 1.32 bits per heavy atom. The Morgan fingerprint density at radius 3 is 2.53 bits per heavy atom. The van der Waals surface area contributed by atoms with Gasteiger partial charge in [0, 0.05) is 10.6 Å². The first-order chi connectivity index (χ1) is 8.97. The summed E-state index contributed by atoms with van der Waals surface area (Å²) in [5, 5.41) is 1.55. The molecule has 0 fully saturated rings. The standard InChI is InChI=1S/C14H15ClN2OS/c1-9-13(12(18)8-17(2)3)19-14(16-9)10-4-6-11(15)7-5-10/h4-7H,8H2,1-3H3. The fourth-order valence-corrected chi connectivity index (χ4v) is 2.86. The van der Waals surface area contributed by atoms with Gasteiger partial charge in [0.2, 0.25) is 0 Å². The van der Waals surface area contributed by atoms with Gasteiger partial charge in [0.25, 0.3) is 0 Å². The van der Waals surface area contributed by atoms with Crippen LogP contribution in [0.2, 0.25) is 5.02 Å². The van der Waals surface area contributed by atoms with Gasteiger partial charge in [-0.25, -0.2) is 4.98 Å². The second-order valence-corrected chi connectivity index (χ2v) is 6.04. The zero-order valence-electron chi connectivity index (χ0n) is 11.1. The van der Waals surface area contributed by atoms with Crippen LogP contribution in [0.5, 0.6) is 0 Å². The molecule has 2 rings (SSSR count). The smallest absolute Gasteiger partial charge is 0.188 e. The van der Waals surface area contributed by atoms with Gasteiger partial charge in [0.15, 0.2) is 5.78 Å². The monoisotopic (exact) mass is 294 g/mol.